The molecule has 0 aliphatic heterocycles. The Morgan fingerprint density at radius 3 is 2.48 bits per heavy atom. The van der Waals surface area contributed by atoms with Crippen molar-refractivity contribution in [2.24, 2.45) is 0 Å². The molecule has 2 aromatic carbocycles. The number of amides is 1. The largest absolute Gasteiger partial charge is 0.494 e. The molecule has 0 atom stereocenters. The van der Waals surface area contributed by atoms with E-state index in [0.717, 1.165) is 24.3 Å². The normalized spacial score (nSPS) is 10.2. The average molecular weight is 332 g/mol. The summed E-state index contributed by atoms with van der Waals surface area (Å²) in [6, 6.07) is 21.2. The number of aryl methyl sites for hydroxylation is 1. The fourth-order valence-corrected chi connectivity index (χ4v) is 2.45. The van der Waals surface area contributed by atoms with Gasteiger partial charge in [-0.15, -0.1) is 0 Å². The van der Waals surface area contributed by atoms with Gasteiger partial charge in [-0.3, -0.25) is 9.78 Å². The molecule has 1 amide bonds. The van der Waals surface area contributed by atoms with Crippen molar-refractivity contribution in [2.75, 3.05) is 11.9 Å². The number of hydrogen-bond donors (Lipinski definition) is 1. The molecule has 25 heavy (non-hydrogen) atoms. The zero-order valence-electron chi connectivity index (χ0n) is 13.9. The summed E-state index contributed by atoms with van der Waals surface area (Å²) in [5.41, 5.74) is 2.58. The van der Waals surface area contributed by atoms with Crippen LogP contribution in [0.15, 0.2) is 79.1 Å². The Balaban J connectivity index is 1.45. The van der Waals surface area contributed by atoms with Gasteiger partial charge in [-0.2, -0.15) is 0 Å². The molecular formula is C21H20N2O2. The first kappa shape index (κ1) is 16.7. The highest BCUT2D eigenvalue weighted by Crippen LogP contribution is 2.17. The first-order valence-electron chi connectivity index (χ1n) is 8.29. The summed E-state index contributed by atoms with van der Waals surface area (Å²) in [5, 5.41) is 2.84. The van der Waals surface area contributed by atoms with Crippen molar-refractivity contribution in [3.63, 3.8) is 0 Å². The van der Waals surface area contributed by atoms with Crippen molar-refractivity contribution in [1.82, 2.24) is 4.98 Å². The second-order valence-corrected chi connectivity index (χ2v) is 5.66. The first-order chi connectivity index (χ1) is 12.3. The van der Waals surface area contributed by atoms with Gasteiger partial charge in [-0.25, -0.2) is 0 Å². The zero-order chi connectivity index (χ0) is 17.3. The maximum absolute atomic E-state index is 12.1. The molecule has 4 nitrogen and oxygen atoms in total. The fourth-order valence-electron chi connectivity index (χ4n) is 2.45. The van der Waals surface area contributed by atoms with E-state index in [1.807, 2.05) is 30.3 Å². The molecular weight excluding hydrogens is 312 g/mol. The van der Waals surface area contributed by atoms with E-state index in [2.05, 4.69) is 34.6 Å². The monoisotopic (exact) mass is 332 g/mol. The summed E-state index contributed by atoms with van der Waals surface area (Å²) in [6.45, 7) is 0.663. The third kappa shape index (κ3) is 5.18. The van der Waals surface area contributed by atoms with Crippen LogP contribution in [-0.2, 0) is 6.42 Å². The van der Waals surface area contributed by atoms with E-state index in [4.69, 9.17) is 4.74 Å². The number of carbonyl (C=O) groups is 1. The minimum absolute atomic E-state index is 0.176. The molecule has 0 bridgehead atoms. The van der Waals surface area contributed by atoms with Gasteiger partial charge in [0.15, 0.2) is 0 Å². The second-order valence-electron chi connectivity index (χ2n) is 5.66. The Kier molecular flexibility index (Phi) is 5.77. The van der Waals surface area contributed by atoms with Crippen molar-refractivity contribution in [1.29, 1.82) is 0 Å². The van der Waals surface area contributed by atoms with Crippen LogP contribution in [0.2, 0.25) is 0 Å². The standard InChI is InChI=1S/C21H20N2O2/c24-21(18-9-4-14-22-16-18)23-19-10-12-20(13-11-19)25-15-5-8-17-6-2-1-3-7-17/h1-4,6-7,9-14,16H,5,8,15H2,(H,23,24). The minimum Gasteiger partial charge on any atom is -0.494 e. The van der Waals surface area contributed by atoms with Crippen LogP contribution >= 0.6 is 0 Å². The predicted molar refractivity (Wildman–Crippen MR) is 98.9 cm³/mol. The number of benzene rings is 2. The van der Waals surface area contributed by atoms with Gasteiger partial charge in [-0.05, 0) is 54.8 Å². The van der Waals surface area contributed by atoms with E-state index in [1.165, 1.54) is 5.56 Å². The zero-order valence-corrected chi connectivity index (χ0v) is 13.9. The lowest BCUT2D eigenvalue weighted by Crippen LogP contribution is -2.11. The third-order valence-corrected chi connectivity index (χ3v) is 3.76. The van der Waals surface area contributed by atoms with E-state index in [9.17, 15) is 4.79 Å². The molecule has 0 spiro atoms. The molecule has 4 heteroatoms. The maximum Gasteiger partial charge on any atom is 0.257 e. The van der Waals surface area contributed by atoms with Gasteiger partial charge in [0.25, 0.3) is 5.91 Å². The van der Waals surface area contributed by atoms with Gasteiger partial charge in [0.2, 0.25) is 0 Å². The lowest BCUT2D eigenvalue weighted by molar-refractivity contribution is 0.102. The molecule has 0 fully saturated rings. The highest BCUT2D eigenvalue weighted by Gasteiger charge is 2.05. The Morgan fingerprint density at radius 1 is 0.960 bits per heavy atom. The second kappa shape index (κ2) is 8.64. The summed E-state index contributed by atoms with van der Waals surface area (Å²) in [7, 11) is 0. The molecule has 0 saturated carbocycles. The number of nitrogens with zero attached hydrogens (tertiary/aromatic N) is 1. The van der Waals surface area contributed by atoms with Crippen molar-refractivity contribution in [2.45, 2.75) is 12.8 Å². The van der Waals surface area contributed by atoms with E-state index in [0.29, 0.717) is 12.2 Å². The van der Waals surface area contributed by atoms with Crippen LogP contribution in [0.25, 0.3) is 0 Å². The summed E-state index contributed by atoms with van der Waals surface area (Å²) in [6.07, 6.45) is 5.14. The maximum atomic E-state index is 12.1. The van der Waals surface area contributed by atoms with Crippen molar-refractivity contribution in [3.8, 4) is 5.75 Å². The van der Waals surface area contributed by atoms with Crippen LogP contribution < -0.4 is 10.1 Å². The summed E-state index contributed by atoms with van der Waals surface area (Å²) >= 11 is 0. The number of nitrogens with one attached hydrogen (secondary N) is 1. The Labute approximate surface area is 147 Å². The number of hydrogen-bond acceptors (Lipinski definition) is 3. The van der Waals surface area contributed by atoms with Crippen LogP contribution in [0.1, 0.15) is 22.3 Å². The van der Waals surface area contributed by atoms with Crippen molar-refractivity contribution in [3.05, 3.63) is 90.3 Å². The van der Waals surface area contributed by atoms with Gasteiger partial charge in [-0.1, -0.05) is 30.3 Å². The summed E-state index contributed by atoms with van der Waals surface area (Å²) in [4.78, 5) is 16.0. The fraction of sp³-hybridized carbons (Fsp3) is 0.143. The number of anilines is 1. The summed E-state index contributed by atoms with van der Waals surface area (Å²) in [5.74, 6) is 0.622. The highest BCUT2D eigenvalue weighted by atomic mass is 16.5. The van der Waals surface area contributed by atoms with E-state index < -0.39 is 0 Å². The van der Waals surface area contributed by atoms with E-state index in [-0.39, 0.29) is 5.91 Å². The van der Waals surface area contributed by atoms with E-state index in [1.54, 1.807) is 24.5 Å². The number of pyridine rings is 1. The number of rotatable bonds is 7. The molecule has 0 aliphatic carbocycles. The quantitative estimate of drug-likeness (QED) is 0.655. The van der Waals surface area contributed by atoms with Crippen LogP contribution in [0.3, 0.4) is 0 Å². The lowest BCUT2D eigenvalue weighted by atomic mass is 10.1. The SMILES string of the molecule is O=C(Nc1ccc(OCCCc2ccccc2)cc1)c1cccnc1. The lowest BCUT2D eigenvalue weighted by Gasteiger charge is -2.08. The van der Waals surface area contributed by atoms with Crippen LogP contribution in [0.5, 0.6) is 5.75 Å². The number of ether oxygens (including phenoxy) is 1. The first-order valence-corrected chi connectivity index (χ1v) is 8.29. The molecule has 1 aromatic heterocycles. The number of aromatic nitrogens is 1. The Hall–Kier alpha value is -3.14. The van der Waals surface area contributed by atoms with Crippen LogP contribution in [0, 0.1) is 0 Å². The molecule has 0 saturated heterocycles. The minimum atomic E-state index is -0.176. The van der Waals surface area contributed by atoms with Gasteiger partial charge in [0, 0.05) is 18.1 Å². The van der Waals surface area contributed by atoms with Crippen molar-refractivity contribution >= 4 is 11.6 Å². The molecule has 1 heterocycles. The summed E-state index contributed by atoms with van der Waals surface area (Å²) < 4.78 is 5.75. The Bertz CT molecular complexity index is 787. The molecule has 1 N–H and O–H groups in total. The molecule has 3 rings (SSSR count). The topological polar surface area (TPSA) is 51.2 Å². The molecule has 126 valence electrons. The number of carbonyl (C=O) groups excluding carboxylic acids is 1. The van der Waals surface area contributed by atoms with Gasteiger partial charge < -0.3 is 10.1 Å². The van der Waals surface area contributed by atoms with Crippen molar-refractivity contribution < 1.29 is 9.53 Å². The predicted octanol–water partition coefficient (Wildman–Crippen LogP) is 4.35. The molecule has 0 aliphatic rings. The van der Waals surface area contributed by atoms with Crippen LogP contribution in [-0.4, -0.2) is 17.5 Å². The molecule has 3 aromatic rings. The van der Waals surface area contributed by atoms with Gasteiger partial charge in [0.1, 0.15) is 5.75 Å². The molecule has 0 unspecified atom stereocenters. The third-order valence-electron chi connectivity index (χ3n) is 3.76. The van der Waals surface area contributed by atoms with E-state index >= 15 is 0 Å². The smallest absolute Gasteiger partial charge is 0.257 e. The highest BCUT2D eigenvalue weighted by molar-refractivity contribution is 6.04. The van der Waals surface area contributed by atoms with Gasteiger partial charge >= 0.3 is 0 Å². The van der Waals surface area contributed by atoms with Gasteiger partial charge in [0.05, 0.1) is 12.2 Å². The van der Waals surface area contributed by atoms with Crippen LogP contribution in [0.4, 0.5) is 5.69 Å². The average Bonchev–Trinajstić information content (AvgIpc) is 2.68. The molecule has 0 radical (unpaired) electrons. The Morgan fingerprint density at radius 2 is 1.76 bits per heavy atom.